The SMILES string of the molecule is COc1ccc(CCC(=O)OCC(=O)Nc2ccc(-c3ccccc3)cc2)cc1. The van der Waals surface area contributed by atoms with Gasteiger partial charge in [0.2, 0.25) is 0 Å². The van der Waals surface area contributed by atoms with Gasteiger partial charge in [0.15, 0.2) is 6.61 Å². The van der Waals surface area contributed by atoms with Gasteiger partial charge in [-0.1, -0.05) is 54.6 Å². The standard InChI is InChI=1S/C24H23NO4/c1-28-22-14-7-18(8-15-22)9-16-24(27)29-17-23(26)25-21-12-10-20(11-13-21)19-5-3-2-4-6-19/h2-8,10-15H,9,16-17H2,1H3,(H,25,26). The molecular formula is C24H23NO4. The molecule has 5 heteroatoms. The van der Waals surface area contributed by atoms with E-state index in [0.29, 0.717) is 12.1 Å². The monoisotopic (exact) mass is 389 g/mol. The molecule has 1 N–H and O–H groups in total. The van der Waals surface area contributed by atoms with E-state index >= 15 is 0 Å². The number of rotatable bonds is 8. The van der Waals surface area contributed by atoms with Gasteiger partial charge in [0.25, 0.3) is 5.91 Å². The van der Waals surface area contributed by atoms with Crippen LogP contribution in [0.4, 0.5) is 5.69 Å². The maximum absolute atomic E-state index is 12.0. The molecule has 1 amide bonds. The van der Waals surface area contributed by atoms with Crippen molar-refractivity contribution in [3.8, 4) is 16.9 Å². The molecule has 0 unspecified atom stereocenters. The Balaban J connectivity index is 1.41. The molecule has 0 atom stereocenters. The van der Waals surface area contributed by atoms with Crippen LogP contribution in [-0.2, 0) is 20.7 Å². The van der Waals surface area contributed by atoms with Crippen LogP contribution in [0.2, 0.25) is 0 Å². The minimum atomic E-state index is -0.407. The van der Waals surface area contributed by atoms with Gasteiger partial charge in [-0.05, 0) is 47.4 Å². The number of ether oxygens (including phenoxy) is 2. The highest BCUT2D eigenvalue weighted by atomic mass is 16.5. The van der Waals surface area contributed by atoms with E-state index in [1.54, 1.807) is 7.11 Å². The summed E-state index contributed by atoms with van der Waals surface area (Å²) in [6.45, 7) is -0.304. The minimum absolute atomic E-state index is 0.214. The van der Waals surface area contributed by atoms with E-state index in [-0.39, 0.29) is 18.9 Å². The second-order valence-corrected chi connectivity index (χ2v) is 6.50. The van der Waals surface area contributed by atoms with Gasteiger partial charge in [-0.15, -0.1) is 0 Å². The van der Waals surface area contributed by atoms with Crippen LogP contribution in [-0.4, -0.2) is 25.6 Å². The van der Waals surface area contributed by atoms with Crippen molar-refractivity contribution in [3.05, 3.63) is 84.4 Å². The quantitative estimate of drug-likeness (QED) is 0.577. The molecular weight excluding hydrogens is 366 g/mol. The van der Waals surface area contributed by atoms with Crippen LogP contribution in [0, 0.1) is 0 Å². The van der Waals surface area contributed by atoms with E-state index in [1.165, 1.54) is 0 Å². The van der Waals surface area contributed by atoms with Crippen molar-refractivity contribution in [1.29, 1.82) is 0 Å². The van der Waals surface area contributed by atoms with E-state index in [9.17, 15) is 9.59 Å². The highest BCUT2D eigenvalue weighted by molar-refractivity contribution is 5.93. The van der Waals surface area contributed by atoms with Crippen LogP contribution in [0.1, 0.15) is 12.0 Å². The predicted octanol–water partition coefficient (Wildman–Crippen LogP) is 4.48. The molecule has 148 valence electrons. The molecule has 0 radical (unpaired) electrons. The van der Waals surface area contributed by atoms with E-state index in [2.05, 4.69) is 5.32 Å². The molecule has 0 aliphatic heterocycles. The molecule has 0 saturated carbocycles. The zero-order valence-electron chi connectivity index (χ0n) is 16.3. The first-order chi connectivity index (χ1) is 14.1. The Labute approximate surface area is 170 Å². The lowest BCUT2D eigenvalue weighted by Gasteiger charge is -2.08. The molecule has 3 aromatic rings. The second-order valence-electron chi connectivity index (χ2n) is 6.50. The predicted molar refractivity (Wildman–Crippen MR) is 113 cm³/mol. The Morgan fingerprint density at radius 1 is 0.828 bits per heavy atom. The van der Waals surface area contributed by atoms with Gasteiger partial charge in [-0.25, -0.2) is 0 Å². The summed E-state index contributed by atoms with van der Waals surface area (Å²) in [7, 11) is 1.61. The third-order valence-corrected chi connectivity index (χ3v) is 4.42. The summed E-state index contributed by atoms with van der Waals surface area (Å²) in [6, 6.07) is 25.0. The van der Waals surface area contributed by atoms with Crippen LogP contribution in [0.25, 0.3) is 11.1 Å². The van der Waals surface area contributed by atoms with Crippen molar-refractivity contribution < 1.29 is 19.1 Å². The molecule has 29 heavy (non-hydrogen) atoms. The van der Waals surface area contributed by atoms with Crippen LogP contribution in [0.5, 0.6) is 5.75 Å². The summed E-state index contributed by atoms with van der Waals surface area (Å²) >= 11 is 0. The van der Waals surface area contributed by atoms with E-state index < -0.39 is 5.97 Å². The molecule has 3 rings (SSSR count). The third-order valence-electron chi connectivity index (χ3n) is 4.42. The first-order valence-corrected chi connectivity index (χ1v) is 9.38. The van der Waals surface area contributed by atoms with Crippen LogP contribution >= 0.6 is 0 Å². The summed E-state index contributed by atoms with van der Waals surface area (Å²) < 4.78 is 10.2. The molecule has 5 nitrogen and oxygen atoms in total. The number of anilines is 1. The lowest BCUT2D eigenvalue weighted by atomic mass is 10.1. The number of methoxy groups -OCH3 is 1. The zero-order chi connectivity index (χ0) is 20.5. The van der Waals surface area contributed by atoms with Crippen LogP contribution < -0.4 is 10.1 Å². The number of aryl methyl sites for hydroxylation is 1. The Bertz CT molecular complexity index is 935. The maximum Gasteiger partial charge on any atom is 0.306 e. The third kappa shape index (κ3) is 6.21. The number of carbonyl (C=O) groups is 2. The molecule has 0 aliphatic rings. The van der Waals surface area contributed by atoms with Crippen molar-refractivity contribution in [2.24, 2.45) is 0 Å². The number of hydrogen-bond acceptors (Lipinski definition) is 4. The highest BCUT2D eigenvalue weighted by Crippen LogP contribution is 2.21. The topological polar surface area (TPSA) is 64.6 Å². The molecule has 0 aromatic heterocycles. The van der Waals surface area contributed by atoms with Crippen molar-refractivity contribution in [1.82, 2.24) is 0 Å². The van der Waals surface area contributed by atoms with Crippen LogP contribution in [0.15, 0.2) is 78.9 Å². The van der Waals surface area contributed by atoms with Crippen molar-refractivity contribution in [2.45, 2.75) is 12.8 Å². The van der Waals surface area contributed by atoms with Gasteiger partial charge in [-0.3, -0.25) is 9.59 Å². The molecule has 0 fully saturated rings. The number of hydrogen-bond donors (Lipinski definition) is 1. The zero-order valence-corrected chi connectivity index (χ0v) is 16.3. The number of esters is 1. The summed E-state index contributed by atoms with van der Waals surface area (Å²) in [5.41, 5.74) is 3.83. The van der Waals surface area contributed by atoms with E-state index in [4.69, 9.17) is 9.47 Å². The van der Waals surface area contributed by atoms with Crippen molar-refractivity contribution in [2.75, 3.05) is 19.0 Å². The summed E-state index contributed by atoms with van der Waals surface area (Å²) in [5.74, 6) is -0.00421. The molecule has 3 aromatic carbocycles. The summed E-state index contributed by atoms with van der Waals surface area (Å²) in [6.07, 6.45) is 0.761. The number of nitrogens with one attached hydrogen (secondary N) is 1. The Morgan fingerprint density at radius 3 is 2.14 bits per heavy atom. The number of carbonyl (C=O) groups excluding carboxylic acids is 2. The van der Waals surface area contributed by atoms with E-state index in [0.717, 1.165) is 22.4 Å². The first-order valence-electron chi connectivity index (χ1n) is 9.38. The lowest BCUT2D eigenvalue weighted by Crippen LogP contribution is -2.21. The van der Waals surface area contributed by atoms with Gasteiger partial charge >= 0.3 is 5.97 Å². The minimum Gasteiger partial charge on any atom is -0.497 e. The van der Waals surface area contributed by atoms with Crippen molar-refractivity contribution in [3.63, 3.8) is 0 Å². The summed E-state index contributed by atoms with van der Waals surface area (Å²) in [5, 5.41) is 2.73. The Hall–Kier alpha value is -3.60. The average molecular weight is 389 g/mol. The smallest absolute Gasteiger partial charge is 0.306 e. The second kappa shape index (κ2) is 10.1. The number of benzene rings is 3. The lowest BCUT2D eigenvalue weighted by molar-refractivity contribution is -0.147. The Morgan fingerprint density at radius 2 is 1.48 bits per heavy atom. The van der Waals surface area contributed by atoms with Gasteiger partial charge in [0, 0.05) is 12.1 Å². The summed E-state index contributed by atoms with van der Waals surface area (Å²) in [4.78, 5) is 23.9. The average Bonchev–Trinajstić information content (AvgIpc) is 2.78. The maximum atomic E-state index is 12.0. The molecule has 0 spiro atoms. The molecule has 0 heterocycles. The van der Waals surface area contributed by atoms with Gasteiger partial charge in [0.1, 0.15) is 5.75 Å². The fourth-order valence-corrected chi connectivity index (χ4v) is 2.83. The van der Waals surface area contributed by atoms with Gasteiger partial charge in [0.05, 0.1) is 7.11 Å². The van der Waals surface area contributed by atoms with Crippen molar-refractivity contribution >= 4 is 17.6 Å². The van der Waals surface area contributed by atoms with Gasteiger partial charge in [-0.2, -0.15) is 0 Å². The van der Waals surface area contributed by atoms with Gasteiger partial charge < -0.3 is 14.8 Å². The first kappa shape index (κ1) is 20.1. The van der Waals surface area contributed by atoms with Crippen LogP contribution in [0.3, 0.4) is 0 Å². The van der Waals surface area contributed by atoms with E-state index in [1.807, 2.05) is 78.9 Å². The normalized spacial score (nSPS) is 10.2. The highest BCUT2D eigenvalue weighted by Gasteiger charge is 2.09. The largest absolute Gasteiger partial charge is 0.497 e. The fourth-order valence-electron chi connectivity index (χ4n) is 2.83. The number of amides is 1. The fraction of sp³-hybridized carbons (Fsp3) is 0.167. The molecule has 0 saturated heterocycles. The molecule has 0 aliphatic carbocycles. The Kier molecular flexibility index (Phi) is 7.00. The molecule has 0 bridgehead atoms.